The minimum Gasteiger partial charge on any atom is -0.321 e. The summed E-state index contributed by atoms with van der Waals surface area (Å²) in [6.07, 6.45) is 1.71. The lowest BCUT2D eigenvalue weighted by atomic mass is 10.1. The number of nitrogens with two attached hydrogens (primary N) is 1. The molecule has 2 N–H and O–H groups in total. The Labute approximate surface area is 88.9 Å². The van der Waals surface area contributed by atoms with Crippen molar-refractivity contribution >= 4 is 31.9 Å². The number of halogens is 2. The van der Waals surface area contributed by atoms with E-state index in [0.29, 0.717) is 0 Å². The van der Waals surface area contributed by atoms with Crippen molar-refractivity contribution in [1.29, 1.82) is 0 Å². The molecule has 1 aromatic carbocycles. The average molecular weight is 291 g/mol. The Hall–Kier alpha value is -0.120. The second-order valence-electron chi connectivity index (χ2n) is 2.43. The summed E-state index contributed by atoms with van der Waals surface area (Å²) in [6, 6.07) is 5.79. The third kappa shape index (κ3) is 2.19. The van der Waals surface area contributed by atoms with Gasteiger partial charge in [0.2, 0.25) is 0 Å². The molecule has 64 valence electrons. The number of hydrogen-bond donors (Lipinski definition) is 1. The lowest BCUT2D eigenvalue weighted by molar-refractivity contribution is 0.907. The van der Waals surface area contributed by atoms with Crippen LogP contribution in [0.4, 0.5) is 0 Å². The molecule has 0 aliphatic carbocycles. The Balaban J connectivity index is 3.12. The number of hydrogen-bond acceptors (Lipinski definition) is 1. The molecule has 0 radical (unpaired) electrons. The van der Waals surface area contributed by atoms with E-state index in [9.17, 15) is 0 Å². The SMILES string of the molecule is C=C[C@H](N)c1cc(Br)ccc1Br. The van der Waals surface area contributed by atoms with E-state index in [2.05, 4.69) is 38.4 Å². The van der Waals surface area contributed by atoms with Gasteiger partial charge in [-0.3, -0.25) is 0 Å². The van der Waals surface area contributed by atoms with Crippen molar-refractivity contribution in [2.75, 3.05) is 0 Å². The van der Waals surface area contributed by atoms with Crippen LogP contribution in [0, 0.1) is 0 Å². The zero-order valence-corrected chi connectivity index (χ0v) is 9.60. The lowest BCUT2D eigenvalue weighted by Crippen LogP contribution is -2.06. The molecule has 1 rings (SSSR count). The summed E-state index contributed by atoms with van der Waals surface area (Å²) in [5.41, 5.74) is 6.84. The van der Waals surface area contributed by atoms with Crippen LogP contribution in [0.25, 0.3) is 0 Å². The summed E-state index contributed by atoms with van der Waals surface area (Å²) >= 11 is 6.81. The van der Waals surface area contributed by atoms with E-state index in [0.717, 1.165) is 14.5 Å². The van der Waals surface area contributed by atoms with Crippen LogP contribution in [-0.4, -0.2) is 0 Å². The Bertz CT molecular complexity index is 297. The average Bonchev–Trinajstić information content (AvgIpc) is 2.08. The molecule has 0 heterocycles. The van der Waals surface area contributed by atoms with E-state index < -0.39 is 0 Å². The van der Waals surface area contributed by atoms with Gasteiger partial charge in [0.1, 0.15) is 0 Å². The van der Waals surface area contributed by atoms with Crippen molar-refractivity contribution in [3.63, 3.8) is 0 Å². The van der Waals surface area contributed by atoms with Gasteiger partial charge in [0.05, 0.1) is 0 Å². The van der Waals surface area contributed by atoms with E-state index in [-0.39, 0.29) is 6.04 Å². The zero-order chi connectivity index (χ0) is 9.14. The van der Waals surface area contributed by atoms with Crippen LogP contribution in [0.15, 0.2) is 39.8 Å². The highest BCUT2D eigenvalue weighted by molar-refractivity contribution is 9.11. The molecule has 0 fully saturated rings. The van der Waals surface area contributed by atoms with Crippen LogP contribution in [0.3, 0.4) is 0 Å². The maximum Gasteiger partial charge on any atom is 0.0490 e. The Morgan fingerprint density at radius 1 is 1.42 bits per heavy atom. The van der Waals surface area contributed by atoms with Crippen LogP contribution in [0.5, 0.6) is 0 Å². The van der Waals surface area contributed by atoms with Crippen LogP contribution >= 0.6 is 31.9 Å². The molecule has 1 atom stereocenters. The quantitative estimate of drug-likeness (QED) is 0.830. The molecule has 0 aliphatic heterocycles. The summed E-state index contributed by atoms with van der Waals surface area (Å²) in [4.78, 5) is 0. The van der Waals surface area contributed by atoms with E-state index >= 15 is 0 Å². The third-order valence-electron chi connectivity index (χ3n) is 1.57. The van der Waals surface area contributed by atoms with E-state index in [1.54, 1.807) is 6.08 Å². The number of benzene rings is 1. The molecule has 12 heavy (non-hydrogen) atoms. The van der Waals surface area contributed by atoms with Crippen molar-refractivity contribution in [3.05, 3.63) is 45.4 Å². The fourth-order valence-corrected chi connectivity index (χ4v) is 1.79. The van der Waals surface area contributed by atoms with Gasteiger partial charge in [0.25, 0.3) is 0 Å². The van der Waals surface area contributed by atoms with Gasteiger partial charge in [0.15, 0.2) is 0 Å². The molecule has 0 bridgehead atoms. The monoisotopic (exact) mass is 289 g/mol. The first kappa shape index (κ1) is 9.96. The van der Waals surface area contributed by atoms with Gasteiger partial charge >= 0.3 is 0 Å². The summed E-state index contributed by atoms with van der Waals surface area (Å²) in [6.45, 7) is 3.65. The Kier molecular flexibility index (Phi) is 3.50. The summed E-state index contributed by atoms with van der Waals surface area (Å²) in [5.74, 6) is 0. The van der Waals surface area contributed by atoms with E-state index in [1.165, 1.54) is 0 Å². The van der Waals surface area contributed by atoms with Crippen LogP contribution in [-0.2, 0) is 0 Å². The fraction of sp³-hybridized carbons (Fsp3) is 0.111. The van der Waals surface area contributed by atoms with Crippen molar-refractivity contribution in [3.8, 4) is 0 Å². The molecule has 0 saturated carbocycles. The van der Waals surface area contributed by atoms with Gasteiger partial charge < -0.3 is 5.73 Å². The third-order valence-corrected chi connectivity index (χ3v) is 2.79. The molecule has 0 spiro atoms. The van der Waals surface area contributed by atoms with Gasteiger partial charge in [0, 0.05) is 15.0 Å². The minimum absolute atomic E-state index is 0.114. The first-order valence-electron chi connectivity index (χ1n) is 3.48. The van der Waals surface area contributed by atoms with Crippen LogP contribution in [0.2, 0.25) is 0 Å². The predicted molar refractivity (Wildman–Crippen MR) is 59.0 cm³/mol. The Morgan fingerprint density at radius 2 is 2.08 bits per heavy atom. The van der Waals surface area contributed by atoms with E-state index in [1.807, 2.05) is 18.2 Å². The normalized spacial score (nSPS) is 12.6. The van der Waals surface area contributed by atoms with Gasteiger partial charge in [-0.25, -0.2) is 0 Å². The van der Waals surface area contributed by atoms with Crippen LogP contribution < -0.4 is 5.73 Å². The van der Waals surface area contributed by atoms with Crippen molar-refractivity contribution < 1.29 is 0 Å². The van der Waals surface area contributed by atoms with Gasteiger partial charge in [-0.15, -0.1) is 6.58 Å². The largest absolute Gasteiger partial charge is 0.321 e. The van der Waals surface area contributed by atoms with Crippen molar-refractivity contribution in [2.45, 2.75) is 6.04 Å². The highest BCUT2D eigenvalue weighted by atomic mass is 79.9. The summed E-state index contributed by atoms with van der Waals surface area (Å²) in [5, 5.41) is 0. The molecular formula is C9H9Br2N. The molecular weight excluding hydrogens is 282 g/mol. The fourth-order valence-electron chi connectivity index (χ4n) is 0.897. The first-order valence-corrected chi connectivity index (χ1v) is 5.07. The second-order valence-corrected chi connectivity index (χ2v) is 4.20. The molecule has 0 aliphatic rings. The molecule has 1 nitrogen and oxygen atoms in total. The molecule has 0 amide bonds. The van der Waals surface area contributed by atoms with Crippen LogP contribution in [0.1, 0.15) is 11.6 Å². The standard InChI is InChI=1S/C9H9Br2N/c1-2-9(12)7-5-6(10)3-4-8(7)11/h2-5,9H,1,12H2/t9-/m0/s1. The summed E-state index contributed by atoms with van der Waals surface area (Å²) < 4.78 is 2.04. The number of rotatable bonds is 2. The lowest BCUT2D eigenvalue weighted by Gasteiger charge is -2.09. The highest BCUT2D eigenvalue weighted by Gasteiger charge is 2.05. The maximum atomic E-state index is 5.80. The zero-order valence-electron chi connectivity index (χ0n) is 6.43. The second kappa shape index (κ2) is 4.21. The molecule has 3 heteroatoms. The molecule has 0 aromatic heterocycles. The van der Waals surface area contributed by atoms with Crippen molar-refractivity contribution in [1.82, 2.24) is 0 Å². The van der Waals surface area contributed by atoms with E-state index in [4.69, 9.17) is 5.73 Å². The predicted octanol–water partition coefficient (Wildman–Crippen LogP) is 3.40. The highest BCUT2D eigenvalue weighted by Crippen LogP contribution is 2.25. The topological polar surface area (TPSA) is 26.0 Å². The Morgan fingerprint density at radius 3 is 2.67 bits per heavy atom. The maximum absolute atomic E-state index is 5.80. The first-order chi connectivity index (χ1) is 5.65. The van der Waals surface area contributed by atoms with Gasteiger partial charge in [-0.05, 0) is 23.8 Å². The smallest absolute Gasteiger partial charge is 0.0490 e. The molecule has 0 saturated heterocycles. The molecule has 1 aromatic rings. The van der Waals surface area contributed by atoms with Crippen molar-refractivity contribution in [2.24, 2.45) is 5.73 Å². The summed E-state index contributed by atoms with van der Waals surface area (Å²) in [7, 11) is 0. The minimum atomic E-state index is -0.114. The molecule has 0 unspecified atom stereocenters. The van der Waals surface area contributed by atoms with Gasteiger partial charge in [-0.1, -0.05) is 37.9 Å². The van der Waals surface area contributed by atoms with Gasteiger partial charge in [-0.2, -0.15) is 0 Å².